The topological polar surface area (TPSA) is 77.8 Å². The number of esters is 1. The summed E-state index contributed by atoms with van der Waals surface area (Å²) >= 11 is 0. The number of ether oxygens (including phenoxy) is 2. The molecule has 1 fully saturated rings. The number of benzene rings is 1. The average Bonchev–Trinajstić information content (AvgIpc) is 3.21. The number of fused-ring (bicyclic) bond motifs is 1. The number of hydrogen-bond donors (Lipinski definition) is 1. The molecule has 1 saturated carbocycles. The number of methoxy groups -OCH3 is 1. The van der Waals surface area contributed by atoms with E-state index in [1.807, 2.05) is 18.2 Å². The summed E-state index contributed by atoms with van der Waals surface area (Å²) in [6.07, 6.45) is 4.23. The third-order valence-electron chi connectivity index (χ3n) is 4.23. The van der Waals surface area contributed by atoms with Crippen molar-refractivity contribution in [2.45, 2.75) is 38.3 Å². The van der Waals surface area contributed by atoms with Gasteiger partial charge in [-0.25, -0.2) is 4.79 Å². The van der Waals surface area contributed by atoms with Gasteiger partial charge in [0.05, 0.1) is 6.61 Å². The minimum atomic E-state index is -0.653. The van der Waals surface area contributed by atoms with Crippen LogP contribution in [0.4, 0.5) is 0 Å². The van der Waals surface area contributed by atoms with Gasteiger partial charge in [0.1, 0.15) is 5.58 Å². The molecule has 0 radical (unpaired) electrons. The molecule has 1 aliphatic rings. The molecule has 0 aliphatic heterocycles. The average molecular weight is 331 g/mol. The molecule has 6 nitrogen and oxygen atoms in total. The van der Waals surface area contributed by atoms with Crippen LogP contribution in [0.25, 0.3) is 11.0 Å². The van der Waals surface area contributed by atoms with Gasteiger partial charge in [0.15, 0.2) is 6.61 Å². The molecular formula is C18H21NO5. The molecule has 1 amide bonds. The molecule has 2 aromatic rings. The number of rotatable bonds is 6. The normalized spacial score (nSPS) is 14.9. The van der Waals surface area contributed by atoms with Crippen LogP contribution in [0, 0.1) is 0 Å². The molecular weight excluding hydrogens is 310 g/mol. The van der Waals surface area contributed by atoms with Crippen molar-refractivity contribution in [2.75, 3.05) is 13.7 Å². The van der Waals surface area contributed by atoms with Gasteiger partial charge >= 0.3 is 5.97 Å². The number of hydrogen-bond acceptors (Lipinski definition) is 5. The van der Waals surface area contributed by atoms with E-state index in [9.17, 15) is 9.59 Å². The molecule has 0 spiro atoms. The molecule has 3 rings (SSSR count). The van der Waals surface area contributed by atoms with E-state index in [-0.39, 0.29) is 30.9 Å². The summed E-state index contributed by atoms with van der Waals surface area (Å²) in [5, 5.41) is 3.69. The minimum absolute atomic E-state index is 0.0896. The quantitative estimate of drug-likeness (QED) is 0.824. The number of amides is 1. The summed E-state index contributed by atoms with van der Waals surface area (Å²) in [4.78, 5) is 24.2. The zero-order valence-electron chi connectivity index (χ0n) is 13.7. The predicted molar refractivity (Wildman–Crippen MR) is 87.6 cm³/mol. The number of carbonyl (C=O) groups is 2. The highest BCUT2D eigenvalue weighted by atomic mass is 16.5. The first-order valence-electron chi connectivity index (χ1n) is 8.15. The Hall–Kier alpha value is -2.34. The SMILES string of the molecule is COCc1c(C(=O)OCC(=O)NC2CCCC2)oc2ccccc12. The second-order valence-corrected chi connectivity index (χ2v) is 5.96. The molecule has 0 unspecified atom stereocenters. The monoisotopic (exact) mass is 331 g/mol. The number of furan rings is 1. The van der Waals surface area contributed by atoms with Crippen molar-refractivity contribution < 1.29 is 23.5 Å². The highest BCUT2D eigenvalue weighted by molar-refractivity contribution is 5.96. The smallest absolute Gasteiger partial charge is 0.375 e. The largest absolute Gasteiger partial charge is 0.450 e. The van der Waals surface area contributed by atoms with Crippen molar-refractivity contribution in [2.24, 2.45) is 0 Å². The molecule has 1 N–H and O–H groups in total. The van der Waals surface area contributed by atoms with Gasteiger partial charge in [-0.2, -0.15) is 0 Å². The van der Waals surface area contributed by atoms with Crippen LogP contribution in [0.15, 0.2) is 28.7 Å². The third kappa shape index (κ3) is 3.59. The Morgan fingerprint density at radius 2 is 2.00 bits per heavy atom. The van der Waals surface area contributed by atoms with Gasteiger partial charge in [-0.3, -0.25) is 4.79 Å². The number of para-hydroxylation sites is 1. The van der Waals surface area contributed by atoms with Crippen LogP contribution < -0.4 is 5.32 Å². The molecule has 1 aromatic carbocycles. The van der Waals surface area contributed by atoms with Crippen molar-refractivity contribution in [3.63, 3.8) is 0 Å². The molecule has 24 heavy (non-hydrogen) atoms. The van der Waals surface area contributed by atoms with E-state index >= 15 is 0 Å². The highest BCUT2D eigenvalue weighted by Gasteiger charge is 2.23. The molecule has 6 heteroatoms. The maximum atomic E-state index is 12.3. The van der Waals surface area contributed by atoms with Crippen LogP contribution in [-0.4, -0.2) is 31.6 Å². The van der Waals surface area contributed by atoms with E-state index in [4.69, 9.17) is 13.9 Å². The first kappa shape index (κ1) is 16.5. The van der Waals surface area contributed by atoms with Crippen LogP contribution in [0.3, 0.4) is 0 Å². The summed E-state index contributed by atoms with van der Waals surface area (Å²) in [5.41, 5.74) is 1.22. The fraction of sp³-hybridized carbons (Fsp3) is 0.444. The summed E-state index contributed by atoms with van der Waals surface area (Å²) < 4.78 is 15.9. The van der Waals surface area contributed by atoms with Crippen LogP contribution in [0.5, 0.6) is 0 Å². The lowest BCUT2D eigenvalue weighted by Crippen LogP contribution is -2.35. The summed E-state index contributed by atoms with van der Waals surface area (Å²) in [6, 6.07) is 7.52. The van der Waals surface area contributed by atoms with Crippen molar-refractivity contribution in [3.8, 4) is 0 Å². The summed E-state index contributed by atoms with van der Waals surface area (Å²) in [6.45, 7) is -0.0749. The van der Waals surface area contributed by atoms with Crippen molar-refractivity contribution in [3.05, 3.63) is 35.6 Å². The first-order chi connectivity index (χ1) is 11.7. The summed E-state index contributed by atoms with van der Waals surface area (Å²) in [7, 11) is 1.55. The van der Waals surface area contributed by atoms with Crippen LogP contribution in [-0.2, 0) is 20.9 Å². The zero-order valence-corrected chi connectivity index (χ0v) is 13.7. The molecule has 1 aromatic heterocycles. The van der Waals surface area contributed by atoms with Crippen LogP contribution >= 0.6 is 0 Å². The van der Waals surface area contributed by atoms with Gasteiger partial charge in [0, 0.05) is 24.1 Å². The Balaban J connectivity index is 1.66. The van der Waals surface area contributed by atoms with Crippen LogP contribution in [0.2, 0.25) is 0 Å². The molecule has 0 saturated heterocycles. The second kappa shape index (κ2) is 7.49. The standard InChI is InChI=1S/C18H21NO5/c1-22-10-14-13-8-4-5-9-15(13)24-17(14)18(21)23-11-16(20)19-12-6-2-3-7-12/h4-5,8-9,12H,2-3,6-7,10-11H2,1H3,(H,19,20). The minimum Gasteiger partial charge on any atom is -0.450 e. The van der Waals surface area contributed by atoms with Gasteiger partial charge in [-0.15, -0.1) is 0 Å². The van der Waals surface area contributed by atoms with Gasteiger partial charge in [0.2, 0.25) is 5.76 Å². The zero-order chi connectivity index (χ0) is 16.9. The number of nitrogens with one attached hydrogen (secondary N) is 1. The van der Waals surface area contributed by atoms with Gasteiger partial charge < -0.3 is 19.2 Å². The highest BCUT2D eigenvalue weighted by Crippen LogP contribution is 2.27. The van der Waals surface area contributed by atoms with E-state index < -0.39 is 5.97 Å². The van der Waals surface area contributed by atoms with E-state index in [0.717, 1.165) is 31.1 Å². The van der Waals surface area contributed by atoms with E-state index in [1.54, 1.807) is 13.2 Å². The lowest BCUT2D eigenvalue weighted by molar-refractivity contribution is -0.124. The third-order valence-corrected chi connectivity index (χ3v) is 4.23. The fourth-order valence-corrected chi connectivity index (χ4v) is 3.09. The fourth-order valence-electron chi connectivity index (χ4n) is 3.09. The molecule has 128 valence electrons. The van der Waals surface area contributed by atoms with Crippen molar-refractivity contribution in [1.29, 1.82) is 0 Å². The lowest BCUT2D eigenvalue weighted by Gasteiger charge is -2.11. The van der Waals surface area contributed by atoms with Crippen molar-refractivity contribution in [1.82, 2.24) is 5.32 Å². The van der Waals surface area contributed by atoms with E-state index in [0.29, 0.717) is 11.1 Å². The van der Waals surface area contributed by atoms with E-state index in [2.05, 4.69) is 5.32 Å². The lowest BCUT2D eigenvalue weighted by atomic mass is 10.1. The Labute approximate surface area is 140 Å². The van der Waals surface area contributed by atoms with Gasteiger partial charge in [-0.05, 0) is 18.9 Å². The van der Waals surface area contributed by atoms with E-state index in [1.165, 1.54) is 0 Å². The van der Waals surface area contributed by atoms with Crippen LogP contribution in [0.1, 0.15) is 41.8 Å². The molecule has 1 heterocycles. The first-order valence-corrected chi connectivity index (χ1v) is 8.15. The number of carbonyl (C=O) groups excluding carboxylic acids is 2. The maximum absolute atomic E-state index is 12.3. The van der Waals surface area contributed by atoms with Crippen molar-refractivity contribution >= 4 is 22.8 Å². The Bertz CT molecular complexity index is 730. The Kier molecular flexibility index (Phi) is 5.15. The second-order valence-electron chi connectivity index (χ2n) is 5.96. The molecule has 1 aliphatic carbocycles. The maximum Gasteiger partial charge on any atom is 0.375 e. The predicted octanol–water partition coefficient (Wildman–Crippen LogP) is 2.79. The Morgan fingerprint density at radius 1 is 1.25 bits per heavy atom. The molecule has 0 atom stereocenters. The molecule has 0 bridgehead atoms. The summed E-state index contributed by atoms with van der Waals surface area (Å²) in [5.74, 6) is -0.841. The Morgan fingerprint density at radius 3 is 2.75 bits per heavy atom. The van der Waals surface area contributed by atoms with Gasteiger partial charge in [0.25, 0.3) is 5.91 Å². The van der Waals surface area contributed by atoms with Gasteiger partial charge in [-0.1, -0.05) is 31.0 Å².